The first-order valence-electron chi connectivity index (χ1n) is 18.4. The fraction of sp³-hybridized carbons (Fsp3) is 0.435. The molecule has 1 aliphatic rings. The Balaban J connectivity index is 2.10. The quantitative estimate of drug-likeness (QED) is 0.119. The molecule has 0 fully saturated rings. The van der Waals surface area contributed by atoms with Crippen molar-refractivity contribution in [3.63, 3.8) is 0 Å². The van der Waals surface area contributed by atoms with E-state index >= 15 is 0 Å². The normalized spacial score (nSPS) is 15.1. The standard InChI is InChI=1S/C46H60Si/c1-28(2)36-19-37(29(3)4)23-42(22-36)47(46-34(13)18-35-16-14-15-17-45(35)46,43-24-38(30(5)6)20-39(25-43)31(7)8)44-26-40(32(9)10)21-41(27-44)33(11)12/h14-33,46H,1-13H3. The van der Waals surface area contributed by atoms with Gasteiger partial charge in [-0.1, -0.05) is 174 Å². The summed E-state index contributed by atoms with van der Waals surface area (Å²) in [4.78, 5) is 0. The molecule has 0 aliphatic heterocycles. The number of rotatable bonds is 10. The molecule has 0 amide bonds. The van der Waals surface area contributed by atoms with Crippen molar-refractivity contribution in [1.29, 1.82) is 0 Å². The van der Waals surface area contributed by atoms with Crippen LogP contribution in [0.15, 0.2) is 84.4 Å². The van der Waals surface area contributed by atoms with E-state index in [0.29, 0.717) is 41.0 Å². The van der Waals surface area contributed by atoms with Gasteiger partial charge in [0.1, 0.15) is 0 Å². The van der Waals surface area contributed by atoms with Crippen molar-refractivity contribution in [2.24, 2.45) is 0 Å². The van der Waals surface area contributed by atoms with E-state index in [1.807, 2.05) is 0 Å². The number of hydrogen-bond donors (Lipinski definition) is 0. The Hall–Kier alpha value is -3.16. The third kappa shape index (κ3) is 6.63. The fourth-order valence-electron chi connectivity index (χ4n) is 7.77. The maximum Gasteiger partial charge on any atom is 0.159 e. The molecule has 0 aromatic heterocycles. The predicted molar refractivity (Wildman–Crippen MR) is 211 cm³/mol. The lowest BCUT2D eigenvalue weighted by Gasteiger charge is -2.42. The molecule has 248 valence electrons. The molecule has 0 N–H and O–H groups in total. The number of allylic oxidation sites excluding steroid dienone is 1. The lowest BCUT2D eigenvalue weighted by molar-refractivity contribution is 0.833. The minimum Gasteiger partial charge on any atom is -0.0669 e. The zero-order valence-corrected chi connectivity index (χ0v) is 32.6. The number of fused-ring (bicyclic) bond motifs is 1. The highest BCUT2D eigenvalue weighted by atomic mass is 28.3. The average molecular weight is 641 g/mol. The lowest BCUT2D eigenvalue weighted by atomic mass is 9.95. The first-order chi connectivity index (χ1) is 22.1. The minimum atomic E-state index is -2.84. The van der Waals surface area contributed by atoms with Crippen LogP contribution in [0.4, 0.5) is 0 Å². The van der Waals surface area contributed by atoms with Gasteiger partial charge >= 0.3 is 0 Å². The zero-order chi connectivity index (χ0) is 34.4. The second kappa shape index (κ2) is 13.8. The zero-order valence-electron chi connectivity index (χ0n) is 31.6. The lowest BCUT2D eigenvalue weighted by Crippen LogP contribution is -2.71. The second-order valence-electron chi connectivity index (χ2n) is 16.4. The molecule has 0 radical (unpaired) electrons. The molecule has 1 unspecified atom stereocenters. The van der Waals surface area contributed by atoms with E-state index in [4.69, 9.17) is 0 Å². The second-order valence-corrected chi connectivity index (χ2v) is 20.3. The molecule has 1 aliphatic carbocycles. The monoisotopic (exact) mass is 640 g/mol. The molecule has 1 heteroatoms. The van der Waals surface area contributed by atoms with E-state index in [2.05, 4.69) is 175 Å². The van der Waals surface area contributed by atoms with Gasteiger partial charge in [-0.15, -0.1) is 0 Å². The number of benzene rings is 4. The van der Waals surface area contributed by atoms with Crippen molar-refractivity contribution in [2.45, 2.75) is 131 Å². The van der Waals surface area contributed by atoms with Crippen molar-refractivity contribution in [2.75, 3.05) is 0 Å². The maximum atomic E-state index is 2.64. The van der Waals surface area contributed by atoms with Crippen LogP contribution in [0.2, 0.25) is 0 Å². The maximum absolute atomic E-state index is 2.84. The Morgan fingerprint density at radius 3 is 1.02 bits per heavy atom. The Morgan fingerprint density at radius 1 is 0.426 bits per heavy atom. The molecular formula is C46H60Si. The third-order valence-electron chi connectivity index (χ3n) is 10.9. The van der Waals surface area contributed by atoms with Crippen molar-refractivity contribution in [3.8, 4) is 0 Å². The van der Waals surface area contributed by atoms with E-state index in [1.165, 1.54) is 50.1 Å². The summed E-state index contributed by atoms with van der Waals surface area (Å²) in [6.45, 7) is 30.9. The first-order valence-corrected chi connectivity index (χ1v) is 20.5. The van der Waals surface area contributed by atoms with Gasteiger partial charge in [0.2, 0.25) is 0 Å². The van der Waals surface area contributed by atoms with Crippen LogP contribution in [0.25, 0.3) is 6.08 Å². The molecule has 1 atom stereocenters. The molecule has 4 aromatic rings. The van der Waals surface area contributed by atoms with Crippen LogP contribution in [0.3, 0.4) is 0 Å². The summed E-state index contributed by atoms with van der Waals surface area (Å²) in [5, 5.41) is 4.69. The van der Waals surface area contributed by atoms with Gasteiger partial charge in [-0.2, -0.15) is 0 Å². The third-order valence-corrected chi connectivity index (χ3v) is 16.1. The summed E-state index contributed by atoms with van der Waals surface area (Å²) in [7, 11) is -2.84. The van der Waals surface area contributed by atoms with Crippen molar-refractivity contribution in [3.05, 3.63) is 129 Å². The Kier molecular flexibility index (Phi) is 10.3. The molecule has 0 saturated heterocycles. The van der Waals surface area contributed by atoms with E-state index in [-0.39, 0.29) is 0 Å². The van der Waals surface area contributed by atoms with Gasteiger partial charge in [0.15, 0.2) is 8.07 Å². The Morgan fingerprint density at radius 2 is 0.723 bits per heavy atom. The van der Waals surface area contributed by atoms with Crippen molar-refractivity contribution in [1.82, 2.24) is 0 Å². The van der Waals surface area contributed by atoms with E-state index in [9.17, 15) is 0 Å². The molecule has 0 saturated carbocycles. The van der Waals surface area contributed by atoms with Crippen molar-refractivity contribution >= 4 is 29.7 Å². The Labute approximate surface area is 288 Å². The smallest absolute Gasteiger partial charge is 0.0669 e. The fourth-order valence-corrected chi connectivity index (χ4v) is 13.6. The van der Waals surface area contributed by atoms with Gasteiger partial charge in [-0.3, -0.25) is 0 Å². The van der Waals surface area contributed by atoms with Gasteiger partial charge in [0.25, 0.3) is 0 Å². The highest BCUT2D eigenvalue weighted by Gasteiger charge is 2.51. The number of hydrogen-bond acceptors (Lipinski definition) is 0. The summed E-state index contributed by atoms with van der Waals surface area (Å²) in [6, 6.07) is 32.6. The predicted octanol–water partition coefficient (Wildman–Crippen LogP) is 11.6. The molecule has 0 bridgehead atoms. The summed E-state index contributed by atoms with van der Waals surface area (Å²) < 4.78 is 0. The van der Waals surface area contributed by atoms with Gasteiger partial charge < -0.3 is 0 Å². The molecule has 0 spiro atoms. The van der Waals surface area contributed by atoms with Crippen LogP contribution < -0.4 is 15.6 Å². The van der Waals surface area contributed by atoms with E-state index in [0.717, 1.165) is 0 Å². The van der Waals surface area contributed by atoms with E-state index in [1.54, 1.807) is 15.6 Å². The topological polar surface area (TPSA) is 0 Å². The Bertz CT molecular complexity index is 1530. The molecule has 0 heterocycles. The highest BCUT2D eigenvalue weighted by molar-refractivity contribution is 7.12. The molecule has 0 nitrogen and oxygen atoms in total. The van der Waals surface area contributed by atoms with Crippen LogP contribution in [-0.4, -0.2) is 8.07 Å². The summed E-state index contributed by atoms with van der Waals surface area (Å²) in [5.41, 5.74) is 13.5. The van der Waals surface area contributed by atoms with Crippen LogP contribution in [0.5, 0.6) is 0 Å². The van der Waals surface area contributed by atoms with Gasteiger partial charge in [-0.25, -0.2) is 0 Å². The van der Waals surface area contributed by atoms with Crippen LogP contribution in [0.1, 0.15) is 176 Å². The highest BCUT2D eigenvalue weighted by Crippen LogP contribution is 2.43. The van der Waals surface area contributed by atoms with Crippen LogP contribution >= 0.6 is 0 Å². The summed E-state index contributed by atoms with van der Waals surface area (Å²) in [5.74, 6) is 2.71. The average Bonchev–Trinajstić information content (AvgIpc) is 3.36. The van der Waals surface area contributed by atoms with Gasteiger partial charge in [-0.05, 0) is 102 Å². The van der Waals surface area contributed by atoms with Crippen LogP contribution in [0, 0.1) is 0 Å². The minimum absolute atomic E-state index is 0.297. The van der Waals surface area contributed by atoms with Gasteiger partial charge in [0.05, 0.1) is 0 Å². The SMILES string of the molecule is CC1=Cc2ccccc2C1[Si](c1cc(C(C)C)cc(C(C)C)c1)(c1cc(C(C)C)cc(C(C)C)c1)c1cc(C(C)C)cc(C(C)C)c1. The van der Waals surface area contributed by atoms with E-state index < -0.39 is 8.07 Å². The molecule has 47 heavy (non-hydrogen) atoms. The van der Waals surface area contributed by atoms with Gasteiger partial charge in [0, 0.05) is 5.54 Å². The summed E-state index contributed by atoms with van der Waals surface area (Å²) in [6.07, 6.45) is 2.50. The largest absolute Gasteiger partial charge is 0.159 e. The summed E-state index contributed by atoms with van der Waals surface area (Å²) >= 11 is 0. The molecule has 4 aromatic carbocycles. The first kappa shape index (κ1) is 35.2. The van der Waals surface area contributed by atoms with Crippen molar-refractivity contribution < 1.29 is 0 Å². The molecular weight excluding hydrogens is 581 g/mol. The molecule has 5 rings (SSSR count). The van der Waals surface area contributed by atoms with Crippen LogP contribution in [-0.2, 0) is 0 Å².